The zero-order chi connectivity index (χ0) is 18.5. The van der Waals surface area contributed by atoms with E-state index < -0.39 is 0 Å². The van der Waals surface area contributed by atoms with Crippen molar-refractivity contribution < 1.29 is 14.7 Å². The lowest BCUT2D eigenvalue weighted by Gasteiger charge is -2.28. The molecule has 24 heavy (non-hydrogen) atoms. The molecular formula is C18H28N2O3S. The Balaban J connectivity index is 2.99. The van der Waals surface area contributed by atoms with Gasteiger partial charge in [-0.3, -0.25) is 20.4 Å². The summed E-state index contributed by atoms with van der Waals surface area (Å²) in [6.45, 7) is 12.4. The highest BCUT2D eigenvalue weighted by molar-refractivity contribution is 7.99. The van der Waals surface area contributed by atoms with Crippen molar-refractivity contribution in [3.63, 3.8) is 0 Å². The second-order valence-corrected chi connectivity index (χ2v) is 8.94. The van der Waals surface area contributed by atoms with Gasteiger partial charge in [-0.2, -0.15) is 0 Å². The molecular weight excluding hydrogens is 324 g/mol. The lowest BCUT2D eigenvalue weighted by Crippen LogP contribution is -2.36. The molecule has 0 bridgehead atoms. The predicted octanol–water partition coefficient (Wildman–Crippen LogP) is 3.25. The number of amides is 2. The number of phenolic OH excluding ortho intramolecular Hbond substituents is 1. The van der Waals surface area contributed by atoms with Gasteiger partial charge in [0.2, 0.25) is 12.3 Å². The number of hydrazine groups is 1. The van der Waals surface area contributed by atoms with Crippen LogP contribution in [-0.4, -0.2) is 23.2 Å². The first-order valence-corrected chi connectivity index (χ1v) is 8.94. The monoisotopic (exact) mass is 352 g/mol. The molecule has 0 aromatic heterocycles. The highest BCUT2D eigenvalue weighted by atomic mass is 32.2. The topological polar surface area (TPSA) is 78.4 Å². The average molecular weight is 353 g/mol. The van der Waals surface area contributed by atoms with Gasteiger partial charge in [0.15, 0.2) is 0 Å². The lowest BCUT2D eigenvalue weighted by molar-refractivity contribution is -0.124. The maximum absolute atomic E-state index is 11.5. The summed E-state index contributed by atoms with van der Waals surface area (Å²) >= 11 is 1.56. The normalized spacial score (nSPS) is 11.9. The summed E-state index contributed by atoms with van der Waals surface area (Å²) in [6.07, 6.45) is 0.721. The molecule has 0 spiro atoms. The highest BCUT2D eigenvalue weighted by Crippen LogP contribution is 2.41. The van der Waals surface area contributed by atoms with E-state index in [1.165, 1.54) is 0 Å². The van der Waals surface area contributed by atoms with Gasteiger partial charge in [-0.15, -0.1) is 11.8 Å². The summed E-state index contributed by atoms with van der Waals surface area (Å²) in [5.41, 5.74) is 5.89. The second-order valence-electron chi connectivity index (χ2n) is 7.78. The van der Waals surface area contributed by atoms with Crippen LogP contribution in [0.1, 0.15) is 59.1 Å². The van der Waals surface area contributed by atoms with Gasteiger partial charge >= 0.3 is 0 Å². The Kier molecular flexibility index (Phi) is 6.72. The zero-order valence-electron chi connectivity index (χ0n) is 15.3. The average Bonchev–Trinajstić information content (AvgIpc) is 2.44. The van der Waals surface area contributed by atoms with Crippen molar-refractivity contribution in [2.45, 2.75) is 63.7 Å². The molecule has 2 amide bonds. The van der Waals surface area contributed by atoms with Crippen LogP contribution in [0.25, 0.3) is 0 Å². The van der Waals surface area contributed by atoms with Crippen LogP contribution in [0, 0.1) is 0 Å². The zero-order valence-corrected chi connectivity index (χ0v) is 16.1. The molecule has 0 aliphatic heterocycles. The molecule has 0 saturated carbocycles. The van der Waals surface area contributed by atoms with Crippen molar-refractivity contribution in [3.05, 3.63) is 23.3 Å². The van der Waals surface area contributed by atoms with Crippen molar-refractivity contribution in [3.8, 4) is 5.75 Å². The Morgan fingerprint density at radius 2 is 1.62 bits per heavy atom. The van der Waals surface area contributed by atoms with Crippen molar-refractivity contribution in [1.82, 2.24) is 10.9 Å². The Hall–Kier alpha value is -1.69. The van der Waals surface area contributed by atoms with E-state index in [2.05, 4.69) is 52.4 Å². The van der Waals surface area contributed by atoms with Crippen LogP contribution in [0.15, 0.2) is 17.0 Å². The van der Waals surface area contributed by atoms with Crippen LogP contribution >= 0.6 is 11.8 Å². The number of carbonyl (C=O) groups excluding carboxylic acids is 2. The summed E-state index contributed by atoms with van der Waals surface area (Å²) in [5, 5.41) is 10.7. The predicted molar refractivity (Wildman–Crippen MR) is 98.2 cm³/mol. The highest BCUT2D eigenvalue weighted by Gasteiger charge is 2.26. The molecule has 134 valence electrons. The number of phenols is 1. The van der Waals surface area contributed by atoms with E-state index in [4.69, 9.17) is 0 Å². The minimum absolute atomic E-state index is 0.175. The lowest BCUT2D eigenvalue weighted by atomic mass is 9.79. The first kappa shape index (κ1) is 20.4. The van der Waals surface area contributed by atoms with E-state index in [9.17, 15) is 14.7 Å². The standard InChI is InChI=1S/C18H28N2O3S/c1-17(2,3)13-9-12(10-14(16(13)23)18(4,5)6)24-8-7-15(22)20-19-11-21/h9-11,23H,7-8H2,1-6H3,(H,19,21)(H,20,22). The van der Waals surface area contributed by atoms with Gasteiger partial charge < -0.3 is 5.11 Å². The van der Waals surface area contributed by atoms with Crippen molar-refractivity contribution >= 4 is 24.1 Å². The molecule has 1 aromatic carbocycles. The van der Waals surface area contributed by atoms with Crippen LogP contribution in [0.5, 0.6) is 5.75 Å². The van der Waals surface area contributed by atoms with Gasteiger partial charge in [0.05, 0.1) is 0 Å². The smallest absolute Gasteiger partial charge is 0.239 e. The van der Waals surface area contributed by atoms with Crippen LogP contribution in [0.3, 0.4) is 0 Å². The fraction of sp³-hybridized carbons (Fsp3) is 0.556. The Morgan fingerprint density at radius 1 is 1.12 bits per heavy atom. The number of nitrogens with one attached hydrogen (secondary N) is 2. The molecule has 0 fully saturated rings. The first-order chi connectivity index (χ1) is 11.0. The molecule has 6 heteroatoms. The van der Waals surface area contributed by atoms with Crippen LogP contribution in [-0.2, 0) is 20.4 Å². The summed E-state index contributed by atoms with van der Waals surface area (Å²) in [6, 6.07) is 3.99. The summed E-state index contributed by atoms with van der Waals surface area (Å²) in [4.78, 5) is 22.7. The van der Waals surface area contributed by atoms with Crippen molar-refractivity contribution in [1.29, 1.82) is 0 Å². The number of benzene rings is 1. The number of aromatic hydroxyl groups is 1. The molecule has 0 radical (unpaired) electrons. The Bertz CT molecular complexity index is 566. The van der Waals surface area contributed by atoms with E-state index in [1.807, 2.05) is 12.1 Å². The Labute approximate surface area is 148 Å². The molecule has 1 rings (SSSR count). The van der Waals surface area contributed by atoms with E-state index in [-0.39, 0.29) is 16.7 Å². The molecule has 0 aliphatic carbocycles. The molecule has 5 nitrogen and oxygen atoms in total. The Morgan fingerprint density at radius 3 is 2.04 bits per heavy atom. The second kappa shape index (κ2) is 7.92. The number of thioether (sulfide) groups is 1. The number of carbonyl (C=O) groups is 2. The van der Waals surface area contributed by atoms with E-state index in [0.717, 1.165) is 16.0 Å². The van der Waals surface area contributed by atoms with Gasteiger partial charge in [0, 0.05) is 28.2 Å². The third-order valence-electron chi connectivity index (χ3n) is 3.57. The maximum Gasteiger partial charge on any atom is 0.239 e. The molecule has 0 heterocycles. The van der Waals surface area contributed by atoms with Gasteiger partial charge in [-0.05, 0) is 23.0 Å². The number of hydrogen-bond acceptors (Lipinski definition) is 4. The fourth-order valence-corrected chi connectivity index (χ4v) is 3.19. The molecule has 0 atom stereocenters. The van der Waals surface area contributed by atoms with E-state index >= 15 is 0 Å². The van der Waals surface area contributed by atoms with Gasteiger partial charge in [0.25, 0.3) is 0 Å². The molecule has 3 N–H and O–H groups in total. The molecule has 0 saturated heterocycles. The summed E-state index contributed by atoms with van der Waals surface area (Å²) in [5.74, 6) is 0.706. The fourth-order valence-electron chi connectivity index (χ4n) is 2.27. The van der Waals surface area contributed by atoms with Gasteiger partial charge in [-0.1, -0.05) is 41.5 Å². The van der Waals surface area contributed by atoms with E-state index in [1.54, 1.807) is 11.8 Å². The molecule has 0 aliphatic rings. The third kappa shape index (κ3) is 5.74. The van der Waals surface area contributed by atoms with Gasteiger partial charge in [0.1, 0.15) is 5.75 Å². The number of rotatable bonds is 6. The minimum Gasteiger partial charge on any atom is -0.507 e. The van der Waals surface area contributed by atoms with Crippen LogP contribution < -0.4 is 10.9 Å². The van der Waals surface area contributed by atoms with Crippen LogP contribution in [0.4, 0.5) is 0 Å². The molecule has 0 unspecified atom stereocenters. The minimum atomic E-state index is -0.236. The SMILES string of the molecule is CC(C)(C)c1cc(SCCC(=O)NNC=O)cc(C(C)(C)C)c1O. The van der Waals surface area contributed by atoms with E-state index in [0.29, 0.717) is 24.3 Å². The summed E-state index contributed by atoms with van der Waals surface area (Å²) < 4.78 is 0. The quantitative estimate of drug-likeness (QED) is 0.417. The number of hydrogen-bond donors (Lipinski definition) is 3. The molecule has 1 aromatic rings. The third-order valence-corrected chi connectivity index (χ3v) is 4.55. The van der Waals surface area contributed by atoms with Crippen molar-refractivity contribution in [2.75, 3.05) is 5.75 Å². The largest absolute Gasteiger partial charge is 0.507 e. The van der Waals surface area contributed by atoms with Crippen LogP contribution in [0.2, 0.25) is 0 Å². The first-order valence-electron chi connectivity index (χ1n) is 7.95. The van der Waals surface area contributed by atoms with Gasteiger partial charge in [-0.25, -0.2) is 0 Å². The summed E-state index contributed by atoms with van der Waals surface area (Å²) in [7, 11) is 0. The maximum atomic E-state index is 11.5. The van der Waals surface area contributed by atoms with Crippen molar-refractivity contribution in [2.24, 2.45) is 0 Å².